The van der Waals surface area contributed by atoms with Crippen molar-refractivity contribution >= 4 is 40.0 Å². The van der Waals surface area contributed by atoms with E-state index in [1.165, 1.54) is 30.2 Å². The van der Waals surface area contributed by atoms with E-state index in [0.29, 0.717) is 27.7 Å². The van der Waals surface area contributed by atoms with Crippen molar-refractivity contribution in [2.75, 3.05) is 11.6 Å². The summed E-state index contributed by atoms with van der Waals surface area (Å²) >= 11 is 1.41. The second kappa shape index (κ2) is 6.13. The molecule has 0 fully saturated rings. The molecule has 2 aromatic heterocycles. The number of hydrogen-bond donors (Lipinski definition) is 1. The minimum Gasteiger partial charge on any atom is -0.338 e. The van der Waals surface area contributed by atoms with Crippen LogP contribution >= 0.6 is 11.8 Å². The highest BCUT2D eigenvalue weighted by atomic mass is 32.2. The Hall–Kier alpha value is -2.81. The molecule has 0 bridgehead atoms. The number of benzene rings is 1. The molecule has 0 saturated heterocycles. The van der Waals surface area contributed by atoms with Gasteiger partial charge in [-0.05, 0) is 18.7 Å². The first kappa shape index (κ1) is 15.1. The van der Waals surface area contributed by atoms with Crippen LogP contribution in [0.4, 0.5) is 17.2 Å². The highest BCUT2D eigenvalue weighted by molar-refractivity contribution is 7.98. The third kappa shape index (κ3) is 3.04. The molecule has 1 N–H and O–H groups in total. The van der Waals surface area contributed by atoms with Gasteiger partial charge in [0.2, 0.25) is 0 Å². The fraction of sp³-hybridized carbons (Fsp3) is 0.143. The molecule has 8 nitrogen and oxygen atoms in total. The Balaban J connectivity index is 2.08. The standard InChI is InChI=1S/C14H12N6O2S/c1-8-3-4-9(20(21)22)5-10(8)18-13-12-11(16-7-17-13)6-15-14(19-12)23-2/h3-7H,1-2H3,(H,16,17,18). The third-order valence-corrected chi connectivity index (χ3v) is 3.78. The molecule has 9 heteroatoms. The number of hydrogen-bond acceptors (Lipinski definition) is 8. The molecule has 0 spiro atoms. The van der Waals surface area contributed by atoms with Crippen molar-refractivity contribution in [3.05, 3.63) is 46.4 Å². The Morgan fingerprint density at radius 3 is 2.83 bits per heavy atom. The summed E-state index contributed by atoms with van der Waals surface area (Å²) in [6.07, 6.45) is 4.91. The molecular formula is C14H12N6O2S. The second-order valence-corrected chi connectivity index (χ2v) is 5.47. The number of nitrogens with one attached hydrogen (secondary N) is 1. The monoisotopic (exact) mass is 328 g/mol. The zero-order chi connectivity index (χ0) is 16.4. The molecular weight excluding hydrogens is 316 g/mol. The van der Waals surface area contributed by atoms with E-state index >= 15 is 0 Å². The maximum absolute atomic E-state index is 10.9. The third-order valence-electron chi connectivity index (χ3n) is 3.22. The van der Waals surface area contributed by atoms with Crippen molar-refractivity contribution in [3.63, 3.8) is 0 Å². The maximum Gasteiger partial charge on any atom is 0.271 e. The molecule has 0 aliphatic heterocycles. The van der Waals surface area contributed by atoms with Crippen molar-refractivity contribution in [1.82, 2.24) is 19.9 Å². The fourth-order valence-corrected chi connectivity index (χ4v) is 2.35. The van der Waals surface area contributed by atoms with Crippen molar-refractivity contribution < 1.29 is 4.92 Å². The number of fused-ring (bicyclic) bond motifs is 1. The largest absolute Gasteiger partial charge is 0.338 e. The molecule has 0 atom stereocenters. The second-order valence-electron chi connectivity index (χ2n) is 4.69. The number of nitro groups is 1. The highest BCUT2D eigenvalue weighted by Crippen LogP contribution is 2.27. The first-order valence-corrected chi connectivity index (χ1v) is 7.85. The van der Waals surface area contributed by atoms with E-state index in [1.807, 2.05) is 13.2 Å². The van der Waals surface area contributed by atoms with Gasteiger partial charge in [0.05, 0.1) is 11.1 Å². The molecule has 0 aliphatic rings. The number of non-ortho nitro benzene ring substituents is 1. The molecule has 2 heterocycles. The van der Waals surface area contributed by atoms with Gasteiger partial charge in [0, 0.05) is 17.8 Å². The number of nitro benzene ring substituents is 1. The predicted octanol–water partition coefficient (Wildman–Crippen LogP) is 3.10. The molecule has 1 aromatic carbocycles. The van der Waals surface area contributed by atoms with Crippen LogP contribution in [0.2, 0.25) is 0 Å². The van der Waals surface area contributed by atoms with Crippen LogP contribution in [0.25, 0.3) is 11.0 Å². The lowest BCUT2D eigenvalue weighted by atomic mass is 10.2. The number of anilines is 2. The lowest BCUT2D eigenvalue weighted by Crippen LogP contribution is -2.01. The maximum atomic E-state index is 10.9. The Labute approximate surface area is 135 Å². The minimum absolute atomic E-state index is 0.0101. The number of aromatic nitrogens is 4. The Morgan fingerprint density at radius 2 is 2.09 bits per heavy atom. The molecule has 0 aliphatic carbocycles. The van der Waals surface area contributed by atoms with Crippen LogP contribution in [0.5, 0.6) is 0 Å². The van der Waals surface area contributed by atoms with Crippen molar-refractivity contribution in [2.24, 2.45) is 0 Å². The number of thioether (sulfide) groups is 1. The lowest BCUT2D eigenvalue weighted by molar-refractivity contribution is -0.384. The van der Waals surface area contributed by atoms with Gasteiger partial charge in [-0.25, -0.2) is 19.9 Å². The van der Waals surface area contributed by atoms with E-state index in [-0.39, 0.29) is 5.69 Å². The van der Waals surface area contributed by atoms with Crippen molar-refractivity contribution in [1.29, 1.82) is 0 Å². The molecule has 0 saturated carbocycles. The average molecular weight is 328 g/mol. The summed E-state index contributed by atoms with van der Waals surface area (Å²) in [5.41, 5.74) is 2.64. The molecule has 3 rings (SSSR count). The topological polar surface area (TPSA) is 107 Å². The van der Waals surface area contributed by atoms with Gasteiger partial charge < -0.3 is 5.32 Å². The van der Waals surface area contributed by atoms with Gasteiger partial charge in [0.15, 0.2) is 11.0 Å². The molecule has 0 amide bonds. The van der Waals surface area contributed by atoms with E-state index in [9.17, 15) is 10.1 Å². The van der Waals surface area contributed by atoms with Gasteiger partial charge in [-0.2, -0.15) is 0 Å². The van der Waals surface area contributed by atoms with Crippen LogP contribution < -0.4 is 5.32 Å². The predicted molar refractivity (Wildman–Crippen MR) is 88.0 cm³/mol. The average Bonchev–Trinajstić information content (AvgIpc) is 2.56. The first-order chi connectivity index (χ1) is 11.1. The molecule has 0 radical (unpaired) electrons. The Kier molecular flexibility index (Phi) is 4.02. The van der Waals surface area contributed by atoms with Crippen molar-refractivity contribution in [2.45, 2.75) is 12.1 Å². The van der Waals surface area contributed by atoms with E-state index in [1.54, 1.807) is 12.3 Å². The van der Waals surface area contributed by atoms with E-state index in [4.69, 9.17) is 0 Å². The number of nitrogens with zero attached hydrogens (tertiary/aromatic N) is 5. The van der Waals surface area contributed by atoms with Gasteiger partial charge in [0.1, 0.15) is 17.4 Å². The van der Waals surface area contributed by atoms with E-state index in [2.05, 4.69) is 25.3 Å². The van der Waals surface area contributed by atoms with Crippen LogP contribution in [0.1, 0.15) is 5.56 Å². The van der Waals surface area contributed by atoms with Crippen LogP contribution in [0.3, 0.4) is 0 Å². The molecule has 3 aromatic rings. The zero-order valence-electron chi connectivity index (χ0n) is 12.3. The SMILES string of the molecule is CSc1ncc2ncnc(Nc3cc([N+](=O)[O-])ccc3C)c2n1. The normalized spacial score (nSPS) is 10.7. The summed E-state index contributed by atoms with van der Waals surface area (Å²) in [6.45, 7) is 1.86. The van der Waals surface area contributed by atoms with Gasteiger partial charge in [-0.3, -0.25) is 10.1 Å². The van der Waals surface area contributed by atoms with Crippen LogP contribution in [-0.4, -0.2) is 31.1 Å². The summed E-state index contributed by atoms with van der Waals surface area (Å²) in [6, 6.07) is 4.62. The number of rotatable bonds is 4. The summed E-state index contributed by atoms with van der Waals surface area (Å²) in [5, 5.41) is 14.7. The summed E-state index contributed by atoms with van der Waals surface area (Å²) in [5.74, 6) is 0.483. The fourth-order valence-electron chi connectivity index (χ4n) is 2.01. The van der Waals surface area contributed by atoms with Crippen LogP contribution in [0.15, 0.2) is 35.9 Å². The summed E-state index contributed by atoms with van der Waals surface area (Å²) in [7, 11) is 0. The zero-order valence-corrected chi connectivity index (χ0v) is 13.2. The first-order valence-electron chi connectivity index (χ1n) is 6.62. The summed E-state index contributed by atoms with van der Waals surface area (Å²) < 4.78 is 0. The summed E-state index contributed by atoms with van der Waals surface area (Å²) in [4.78, 5) is 27.4. The minimum atomic E-state index is -0.434. The van der Waals surface area contributed by atoms with Crippen LogP contribution in [-0.2, 0) is 0 Å². The van der Waals surface area contributed by atoms with Crippen LogP contribution in [0, 0.1) is 17.0 Å². The van der Waals surface area contributed by atoms with Gasteiger partial charge >= 0.3 is 0 Å². The molecule has 23 heavy (non-hydrogen) atoms. The molecule has 116 valence electrons. The van der Waals surface area contributed by atoms with E-state index < -0.39 is 4.92 Å². The lowest BCUT2D eigenvalue weighted by Gasteiger charge is -2.10. The Bertz CT molecular complexity index is 902. The van der Waals surface area contributed by atoms with E-state index in [0.717, 1.165) is 5.56 Å². The number of aryl methyl sites for hydroxylation is 1. The van der Waals surface area contributed by atoms with Gasteiger partial charge in [-0.1, -0.05) is 17.8 Å². The van der Waals surface area contributed by atoms with Gasteiger partial charge in [0.25, 0.3) is 5.69 Å². The molecule has 0 unspecified atom stereocenters. The van der Waals surface area contributed by atoms with Crippen molar-refractivity contribution in [3.8, 4) is 0 Å². The Morgan fingerprint density at radius 1 is 1.26 bits per heavy atom. The highest BCUT2D eigenvalue weighted by Gasteiger charge is 2.12. The van der Waals surface area contributed by atoms with Gasteiger partial charge in [-0.15, -0.1) is 0 Å². The quantitative estimate of drug-likeness (QED) is 0.337. The smallest absolute Gasteiger partial charge is 0.271 e.